The Hall–Kier alpha value is -1.36. The lowest BCUT2D eigenvalue weighted by molar-refractivity contribution is -0.142. The molecule has 0 aliphatic rings. The molecule has 0 aromatic rings. The minimum atomic E-state index is -1.19. The van der Waals surface area contributed by atoms with Gasteiger partial charge in [0.2, 0.25) is 0 Å². The van der Waals surface area contributed by atoms with E-state index < -0.39 is 18.0 Å². The number of carbonyl (C=O) groups is 2. The molecule has 0 aliphatic carbocycles. The lowest BCUT2D eigenvalue weighted by atomic mass is 10.4. The third-order valence-electron chi connectivity index (χ3n) is 1.01. The Balaban J connectivity index is 3.81. The van der Waals surface area contributed by atoms with Crippen LogP contribution in [0.2, 0.25) is 0 Å². The molecule has 0 aromatic heterocycles. The molecule has 68 valence electrons. The van der Waals surface area contributed by atoms with Crippen LogP contribution in [0.4, 0.5) is 0 Å². The number of hydrogen-bond donors (Lipinski definition) is 2. The first-order valence-electron chi connectivity index (χ1n) is 3.38. The summed E-state index contributed by atoms with van der Waals surface area (Å²) in [6, 6.07) is 0. The van der Waals surface area contributed by atoms with Gasteiger partial charge < -0.3 is 15.6 Å². The van der Waals surface area contributed by atoms with Gasteiger partial charge in [-0.25, -0.2) is 9.59 Å². The highest BCUT2D eigenvalue weighted by molar-refractivity contribution is 5.90. The molecule has 0 aliphatic heterocycles. The Morgan fingerprint density at radius 2 is 2.17 bits per heavy atom. The predicted molar refractivity (Wildman–Crippen MR) is 41.4 cm³/mol. The Labute approximate surface area is 69.8 Å². The van der Waals surface area contributed by atoms with Crippen LogP contribution >= 0.6 is 0 Å². The van der Waals surface area contributed by atoms with Gasteiger partial charge in [0.25, 0.3) is 0 Å². The summed E-state index contributed by atoms with van der Waals surface area (Å²) in [6.07, 6.45) is 1.16. The molecule has 12 heavy (non-hydrogen) atoms. The summed E-state index contributed by atoms with van der Waals surface area (Å²) >= 11 is 0. The molecule has 1 unspecified atom stereocenters. The van der Waals surface area contributed by atoms with E-state index in [4.69, 9.17) is 10.8 Å². The highest BCUT2D eigenvalue weighted by Crippen LogP contribution is 1.89. The minimum Gasteiger partial charge on any atom is -0.478 e. The van der Waals surface area contributed by atoms with Gasteiger partial charge in [-0.2, -0.15) is 0 Å². The predicted octanol–water partition coefficient (Wildman–Crippen LogP) is -0.482. The normalized spacial score (nSPS) is 12.8. The van der Waals surface area contributed by atoms with Gasteiger partial charge in [0.1, 0.15) is 6.10 Å². The zero-order valence-electron chi connectivity index (χ0n) is 6.69. The van der Waals surface area contributed by atoms with Gasteiger partial charge in [0.05, 0.1) is 0 Å². The number of rotatable bonds is 4. The number of esters is 1. The first kappa shape index (κ1) is 10.6. The summed E-state index contributed by atoms with van der Waals surface area (Å²) in [5.74, 6) is -1.89. The fourth-order valence-electron chi connectivity index (χ4n) is 0.425. The summed E-state index contributed by atoms with van der Waals surface area (Å²) in [4.78, 5) is 20.6. The number of ether oxygens (including phenoxy) is 1. The van der Waals surface area contributed by atoms with Crippen molar-refractivity contribution in [2.75, 3.05) is 6.54 Å². The molecule has 1 atom stereocenters. The highest BCUT2D eigenvalue weighted by atomic mass is 16.5. The summed E-state index contributed by atoms with van der Waals surface area (Å²) in [7, 11) is 0. The van der Waals surface area contributed by atoms with Crippen molar-refractivity contribution in [3.05, 3.63) is 12.2 Å². The van der Waals surface area contributed by atoms with Crippen molar-refractivity contribution >= 4 is 11.9 Å². The molecule has 0 saturated heterocycles. The summed E-state index contributed by atoms with van der Waals surface area (Å²) in [5.41, 5.74) is 5.16. The SMILES string of the molecule is CC(CN)OC(=O)/C=C\C(=O)O. The van der Waals surface area contributed by atoms with Crippen LogP contribution in [0.1, 0.15) is 6.92 Å². The van der Waals surface area contributed by atoms with Crippen LogP contribution in [0, 0.1) is 0 Å². The second kappa shape index (κ2) is 5.31. The fourth-order valence-corrected chi connectivity index (χ4v) is 0.425. The number of aliphatic carboxylic acids is 1. The van der Waals surface area contributed by atoms with Crippen LogP contribution in [-0.4, -0.2) is 29.7 Å². The van der Waals surface area contributed by atoms with Crippen LogP contribution in [0.3, 0.4) is 0 Å². The van der Waals surface area contributed by atoms with E-state index in [1.165, 1.54) is 0 Å². The molecule has 0 saturated carbocycles. The molecular formula is C7H11NO4. The quantitative estimate of drug-likeness (QED) is 0.442. The average molecular weight is 173 g/mol. The molecule has 0 rings (SSSR count). The molecule has 0 fully saturated rings. The van der Waals surface area contributed by atoms with Gasteiger partial charge >= 0.3 is 11.9 Å². The first-order chi connectivity index (χ1) is 5.56. The lowest BCUT2D eigenvalue weighted by Crippen LogP contribution is -2.22. The second-order valence-electron chi connectivity index (χ2n) is 2.15. The Bertz CT molecular complexity index is 200. The van der Waals surface area contributed by atoms with Crippen molar-refractivity contribution in [3.63, 3.8) is 0 Å². The topological polar surface area (TPSA) is 89.6 Å². The molecule has 0 bridgehead atoms. The maximum absolute atomic E-state index is 10.7. The third kappa shape index (κ3) is 5.43. The molecule has 0 heterocycles. The number of nitrogens with two attached hydrogens (primary N) is 1. The lowest BCUT2D eigenvalue weighted by Gasteiger charge is -2.07. The maximum atomic E-state index is 10.7. The first-order valence-corrected chi connectivity index (χ1v) is 3.38. The van der Waals surface area contributed by atoms with E-state index in [2.05, 4.69) is 4.74 Å². The van der Waals surface area contributed by atoms with E-state index in [9.17, 15) is 9.59 Å². The van der Waals surface area contributed by atoms with E-state index >= 15 is 0 Å². The molecule has 0 radical (unpaired) electrons. The molecule has 0 amide bonds. The third-order valence-corrected chi connectivity index (χ3v) is 1.01. The monoisotopic (exact) mass is 173 g/mol. The van der Waals surface area contributed by atoms with E-state index in [1.54, 1.807) is 6.92 Å². The average Bonchev–Trinajstić information content (AvgIpc) is 2.00. The molecule has 0 spiro atoms. The minimum absolute atomic E-state index is 0.215. The van der Waals surface area contributed by atoms with Gasteiger partial charge in [-0.15, -0.1) is 0 Å². The number of carboxylic acid groups (broad SMARTS) is 1. The zero-order valence-corrected chi connectivity index (χ0v) is 6.69. The maximum Gasteiger partial charge on any atom is 0.331 e. The van der Waals surface area contributed by atoms with Gasteiger partial charge in [0.15, 0.2) is 0 Å². The van der Waals surface area contributed by atoms with Gasteiger partial charge in [-0.1, -0.05) is 0 Å². The summed E-state index contributed by atoms with van der Waals surface area (Å²) < 4.78 is 4.64. The molecular weight excluding hydrogens is 162 g/mol. The smallest absolute Gasteiger partial charge is 0.331 e. The zero-order chi connectivity index (χ0) is 9.56. The van der Waals surface area contributed by atoms with E-state index in [0.29, 0.717) is 6.08 Å². The van der Waals surface area contributed by atoms with Gasteiger partial charge in [-0.3, -0.25) is 0 Å². The van der Waals surface area contributed by atoms with Crippen molar-refractivity contribution < 1.29 is 19.4 Å². The summed E-state index contributed by atoms with van der Waals surface area (Å²) in [6.45, 7) is 1.83. The van der Waals surface area contributed by atoms with Crippen LogP contribution in [0.15, 0.2) is 12.2 Å². The van der Waals surface area contributed by atoms with Crippen molar-refractivity contribution in [3.8, 4) is 0 Å². The van der Waals surface area contributed by atoms with Crippen LogP contribution in [-0.2, 0) is 14.3 Å². The highest BCUT2D eigenvalue weighted by Gasteiger charge is 2.03. The second-order valence-corrected chi connectivity index (χ2v) is 2.15. The molecule has 0 aromatic carbocycles. The van der Waals surface area contributed by atoms with Gasteiger partial charge in [-0.05, 0) is 6.92 Å². The van der Waals surface area contributed by atoms with Crippen molar-refractivity contribution in [1.29, 1.82) is 0 Å². The van der Waals surface area contributed by atoms with Crippen molar-refractivity contribution in [2.24, 2.45) is 5.73 Å². The van der Waals surface area contributed by atoms with Crippen LogP contribution in [0.5, 0.6) is 0 Å². The summed E-state index contributed by atoms with van der Waals surface area (Å²) in [5, 5.41) is 8.13. The van der Waals surface area contributed by atoms with Crippen molar-refractivity contribution in [1.82, 2.24) is 0 Å². The molecule has 5 nitrogen and oxygen atoms in total. The van der Waals surface area contributed by atoms with E-state index in [-0.39, 0.29) is 6.54 Å². The Morgan fingerprint density at radius 1 is 1.58 bits per heavy atom. The molecule has 3 N–H and O–H groups in total. The fraction of sp³-hybridized carbons (Fsp3) is 0.429. The van der Waals surface area contributed by atoms with Crippen LogP contribution in [0.25, 0.3) is 0 Å². The largest absolute Gasteiger partial charge is 0.478 e. The van der Waals surface area contributed by atoms with Gasteiger partial charge in [0, 0.05) is 18.7 Å². The van der Waals surface area contributed by atoms with E-state index in [1.807, 2.05) is 0 Å². The van der Waals surface area contributed by atoms with Crippen LogP contribution < -0.4 is 5.73 Å². The number of carbonyl (C=O) groups excluding carboxylic acids is 1. The molecule has 5 heteroatoms. The number of hydrogen-bond acceptors (Lipinski definition) is 4. The van der Waals surface area contributed by atoms with E-state index in [0.717, 1.165) is 6.08 Å². The number of carboxylic acids is 1. The standard InChI is InChI=1S/C7H11NO4/c1-5(4-8)12-7(11)3-2-6(9)10/h2-3,5H,4,8H2,1H3,(H,9,10)/b3-2-. The van der Waals surface area contributed by atoms with Crippen molar-refractivity contribution in [2.45, 2.75) is 13.0 Å². The Kier molecular flexibility index (Phi) is 4.71. The Morgan fingerprint density at radius 3 is 2.58 bits per heavy atom.